The second-order valence-electron chi connectivity index (χ2n) is 7.56. The highest BCUT2D eigenvalue weighted by atomic mass is 15.1. The van der Waals surface area contributed by atoms with Gasteiger partial charge in [-0.05, 0) is 90.9 Å². The van der Waals surface area contributed by atoms with Crippen molar-refractivity contribution in [2.24, 2.45) is 0 Å². The molecular weight excluding hydrogens is 326 g/mol. The minimum Gasteiger partial charge on any atom is -0.310 e. The monoisotopic (exact) mass is 349 g/mol. The number of rotatable bonds is 3. The first-order chi connectivity index (χ1) is 13.2. The van der Waals surface area contributed by atoms with E-state index in [9.17, 15) is 0 Å². The Hall–Kier alpha value is -3.06. The van der Waals surface area contributed by atoms with E-state index in [0.717, 1.165) is 12.8 Å². The highest BCUT2D eigenvalue weighted by Crippen LogP contribution is 2.47. The molecule has 0 aliphatic heterocycles. The number of nitrogens with zero attached hydrogens (tertiary/aromatic N) is 1. The maximum Gasteiger partial charge on any atom is 0.0464 e. The molecule has 0 radical (unpaired) electrons. The molecule has 1 nitrogen and oxygen atoms in total. The van der Waals surface area contributed by atoms with Crippen LogP contribution in [0.4, 0.5) is 17.1 Å². The van der Waals surface area contributed by atoms with Gasteiger partial charge in [-0.1, -0.05) is 48.0 Å². The van der Waals surface area contributed by atoms with Crippen molar-refractivity contribution in [3.63, 3.8) is 0 Å². The van der Waals surface area contributed by atoms with E-state index in [1.807, 2.05) is 0 Å². The van der Waals surface area contributed by atoms with E-state index in [1.165, 1.54) is 39.3 Å². The van der Waals surface area contributed by atoms with Crippen LogP contribution in [0.15, 0.2) is 95.6 Å². The van der Waals surface area contributed by atoms with E-state index >= 15 is 0 Å². The maximum atomic E-state index is 2.39. The summed E-state index contributed by atoms with van der Waals surface area (Å²) < 4.78 is 0. The van der Waals surface area contributed by atoms with E-state index in [1.54, 1.807) is 11.1 Å². The lowest BCUT2D eigenvalue weighted by Gasteiger charge is -2.26. The highest BCUT2D eigenvalue weighted by molar-refractivity contribution is 5.87. The SMILES string of the molecule is CC1=C(C)C2=C(C1)c1ccc(N(c3ccccc3)c3ccccc3)cc1C2. The van der Waals surface area contributed by atoms with Gasteiger partial charge in [0.05, 0.1) is 0 Å². The maximum absolute atomic E-state index is 2.39. The summed E-state index contributed by atoms with van der Waals surface area (Å²) in [4.78, 5) is 2.34. The molecule has 0 saturated carbocycles. The number of benzene rings is 3. The molecule has 5 rings (SSSR count). The molecule has 1 heteroatoms. The molecule has 3 aromatic rings. The molecule has 0 heterocycles. The number of anilines is 3. The minimum atomic E-state index is 1.07. The lowest BCUT2D eigenvalue weighted by atomic mass is 9.99. The van der Waals surface area contributed by atoms with Crippen LogP contribution in [-0.4, -0.2) is 0 Å². The number of hydrogen-bond donors (Lipinski definition) is 0. The van der Waals surface area contributed by atoms with Crippen LogP contribution in [0.3, 0.4) is 0 Å². The van der Waals surface area contributed by atoms with Crippen LogP contribution in [0.5, 0.6) is 0 Å². The van der Waals surface area contributed by atoms with Gasteiger partial charge in [0.1, 0.15) is 0 Å². The zero-order valence-electron chi connectivity index (χ0n) is 15.9. The molecule has 3 aromatic carbocycles. The molecule has 0 unspecified atom stereocenters. The summed E-state index contributed by atoms with van der Waals surface area (Å²) in [5.74, 6) is 0. The summed E-state index contributed by atoms with van der Waals surface area (Å²) >= 11 is 0. The van der Waals surface area contributed by atoms with Crippen molar-refractivity contribution in [2.75, 3.05) is 4.90 Å². The van der Waals surface area contributed by atoms with Gasteiger partial charge in [-0.3, -0.25) is 0 Å². The number of fused-ring (bicyclic) bond motifs is 2. The van der Waals surface area contributed by atoms with Gasteiger partial charge in [0.2, 0.25) is 0 Å². The first-order valence-corrected chi connectivity index (χ1v) is 9.64. The molecule has 0 bridgehead atoms. The third kappa shape index (κ3) is 2.62. The van der Waals surface area contributed by atoms with Crippen LogP contribution in [0.2, 0.25) is 0 Å². The molecule has 0 fully saturated rings. The van der Waals surface area contributed by atoms with Gasteiger partial charge in [0, 0.05) is 17.1 Å². The largest absolute Gasteiger partial charge is 0.310 e. The van der Waals surface area contributed by atoms with Gasteiger partial charge in [-0.25, -0.2) is 0 Å². The molecule has 0 spiro atoms. The molecule has 0 N–H and O–H groups in total. The van der Waals surface area contributed by atoms with Gasteiger partial charge >= 0.3 is 0 Å². The second-order valence-corrected chi connectivity index (χ2v) is 7.56. The summed E-state index contributed by atoms with van der Waals surface area (Å²) in [6, 6.07) is 28.2. The lowest BCUT2D eigenvalue weighted by Crippen LogP contribution is -2.10. The second kappa shape index (κ2) is 6.28. The van der Waals surface area contributed by atoms with Gasteiger partial charge in [-0.2, -0.15) is 0 Å². The van der Waals surface area contributed by atoms with Crippen LogP contribution in [0, 0.1) is 0 Å². The molecule has 0 saturated heterocycles. The smallest absolute Gasteiger partial charge is 0.0464 e. The zero-order chi connectivity index (χ0) is 18.4. The molecule has 0 atom stereocenters. The average molecular weight is 349 g/mol. The number of hydrogen-bond acceptors (Lipinski definition) is 1. The van der Waals surface area contributed by atoms with E-state index in [4.69, 9.17) is 0 Å². The van der Waals surface area contributed by atoms with Crippen molar-refractivity contribution in [1.82, 2.24) is 0 Å². The standard InChI is InChI=1S/C26H23N/c1-18-15-26-24-14-13-23(16-20(24)17-25(26)19(18)2)27(21-9-5-3-6-10-21)22-11-7-4-8-12-22/h3-14,16H,15,17H2,1-2H3. The van der Waals surface area contributed by atoms with Crippen molar-refractivity contribution >= 4 is 22.6 Å². The van der Waals surface area contributed by atoms with Gasteiger partial charge in [0.25, 0.3) is 0 Å². The molecular formula is C26H23N. The Balaban J connectivity index is 1.59. The summed E-state index contributed by atoms with van der Waals surface area (Å²) in [6.07, 6.45) is 2.19. The topological polar surface area (TPSA) is 3.24 Å². The average Bonchev–Trinajstić information content (AvgIpc) is 3.19. The summed E-state index contributed by atoms with van der Waals surface area (Å²) in [5.41, 5.74) is 12.7. The van der Waals surface area contributed by atoms with E-state index in [0.29, 0.717) is 0 Å². The van der Waals surface area contributed by atoms with Crippen LogP contribution in [0.25, 0.3) is 5.57 Å². The normalized spacial score (nSPS) is 15.2. The first-order valence-electron chi connectivity index (χ1n) is 9.64. The van der Waals surface area contributed by atoms with E-state index in [2.05, 4.69) is 97.6 Å². The van der Waals surface area contributed by atoms with Crippen LogP contribution in [-0.2, 0) is 6.42 Å². The summed E-state index contributed by atoms with van der Waals surface area (Å²) in [6.45, 7) is 4.55. The predicted molar refractivity (Wildman–Crippen MR) is 115 cm³/mol. The number of allylic oxidation sites excluding steroid dienone is 4. The van der Waals surface area contributed by atoms with Crippen molar-refractivity contribution in [3.05, 3.63) is 107 Å². The molecule has 2 aliphatic rings. The fourth-order valence-electron chi connectivity index (χ4n) is 4.44. The fourth-order valence-corrected chi connectivity index (χ4v) is 4.44. The Kier molecular flexibility index (Phi) is 3.75. The predicted octanol–water partition coefficient (Wildman–Crippen LogP) is 7.21. The molecule has 2 aliphatic carbocycles. The van der Waals surface area contributed by atoms with E-state index < -0.39 is 0 Å². The van der Waals surface area contributed by atoms with Crippen LogP contribution >= 0.6 is 0 Å². The Morgan fingerprint density at radius 3 is 1.89 bits per heavy atom. The Bertz CT molecular complexity index is 1030. The third-order valence-electron chi connectivity index (χ3n) is 5.97. The van der Waals surface area contributed by atoms with Crippen molar-refractivity contribution < 1.29 is 0 Å². The first kappa shape index (κ1) is 16.1. The fraction of sp³-hybridized carbons (Fsp3) is 0.154. The summed E-state index contributed by atoms with van der Waals surface area (Å²) in [5, 5.41) is 0. The lowest BCUT2D eigenvalue weighted by molar-refractivity contribution is 1.14. The van der Waals surface area contributed by atoms with Crippen molar-refractivity contribution in [3.8, 4) is 0 Å². The molecule has 0 amide bonds. The van der Waals surface area contributed by atoms with Gasteiger partial charge in [-0.15, -0.1) is 0 Å². The van der Waals surface area contributed by atoms with Crippen molar-refractivity contribution in [1.29, 1.82) is 0 Å². The quantitative estimate of drug-likeness (QED) is 0.483. The van der Waals surface area contributed by atoms with E-state index in [-0.39, 0.29) is 0 Å². The molecule has 27 heavy (non-hydrogen) atoms. The zero-order valence-corrected chi connectivity index (χ0v) is 15.9. The number of para-hydroxylation sites is 2. The van der Waals surface area contributed by atoms with Crippen LogP contribution < -0.4 is 4.90 Å². The highest BCUT2D eigenvalue weighted by Gasteiger charge is 2.28. The minimum absolute atomic E-state index is 1.07. The molecule has 0 aromatic heterocycles. The van der Waals surface area contributed by atoms with Gasteiger partial charge < -0.3 is 4.90 Å². The molecule has 132 valence electrons. The third-order valence-corrected chi connectivity index (χ3v) is 5.97. The van der Waals surface area contributed by atoms with Crippen molar-refractivity contribution in [2.45, 2.75) is 26.7 Å². The van der Waals surface area contributed by atoms with Gasteiger partial charge in [0.15, 0.2) is 0 Å². The van der Waals surface area contributed by atoms with Crippen LogP contribution in [0.1, 0.15) is 31.4 Å². The Labute approximate surface area is 161 Å². The summed E-state index contributed by atoms with van der Waals surface area (Å²) in [7, 11) is 0. The Morgan fingerprint density at radius 2 is 1.26 bits per heavy atom. The Morgan fingerprint density at radius 1 is 0.630 bits per heavy atom.